The molecule has 1 heterocycles. The van der Waals surface area contributed by atoms with E-state index < -0.39 is 10.8 Å². The summed E-state index contributed by atoms with van der Waals surface area (Å²) in [5.74, 6) is 1.53. The molecule has 8 heteroatoms. The van der Waals surface area contributed by atoms with Crippen molar-refractivity contribution >= 4 is 11.6 Å². The van der Waals surface area contributed by atoms with E-state index in [-0.39, 0.29) is 34.2 Å². The van der Waals surface area contributed by atoms with Crippen LogP contribution in [0.15, 0.2) is 22.6 Å². The lowest BCUT2D eigenvalue weighted by Crippen LogP contribution is -2.36. The lowest BCUT2D eigenvalue weighted by Gasteiger charge is -2.34. The van der Waals surface area contributed by atoms with E-state index in [4.69, 9.17) is 13.9 Å². The third kappa shape index (κ3) is 3.67. The van der Waals surface area contributed by atoms with Crippen LogP contribution in [0.2, 0.25) is 0 Å². The van der Waals surface area contributed by atoms with Gasteiger partial charge in [0.15, 0.2) is 11.5 Å². The summed E-state index contributed by atoms with van der Waals surface area (Å²) >= 11 is 0. The predicted octanol–water partition coefficient (Wildman–Crippen LogP) is 3.96. The zero-order valence-electron chi connectivity index (χ0n) is 16.6. The Labute approximate surface area is 163 Å². The van der Waals surface area contributed by atoms with Crippen molar-refractivity contribution < 1.29 is 23.6 Å². The van der Waals surface area contributed by atoms with Gasteiger partial charge < -0.3 is 19.2 Å². The molecule has 1 aliphatic carbocycles. The number of aryl methyl sites for hydroxylation is 1. The standard InChI is InChI=1S/C20H24N2O6/c1-11-6-12-14(9-20(2,3)10-18(12)28-11)21-19(23)13-7-16(26-4)17(27-5)8-15(13)22(24)25/h6-8,14H,9-10H2,1-5H3,(H,21,23)/t14-/m1/s1. The molecule has 0 spiro atoms. The molecule has 1 amide bonds. The minimum atomic E-state index is -0.602. The number of hydrogen-bond acceptors (Lipinski definition) is 6. The number of methoxy groups -OCH3 is 2. The average Bonchev–Trinajstić information content (AvgIpc) is 2.99. The van der Waals surface area contributed by atoms with E-state index in [1.807, 2.05) is 13.0 Å². The van der Waals surface area contributed by atoms with Gasteiger partial charge in [0.25, 0.3) is 11.6 Å². The van der Waals surface area contributed by atoms with Gasteiger partial charge in [0.1, 0.15) is 17.1 Å². The Hall–Kier alpha value is -3.03. The highest BCUT2D eigenvalue weighted by atomic mass is 16.6. The van der Waals surface area contributed by atoms with Gasteiger partial charge in [0, 0.05) is 18.1 Å². The first-order chi connectivity index (χ1) is 13.1. The van der Waals surface area contributed by atoms with Crippen LogP contribution in [0.1, 0.15) is 53.8 Å². The number of ether oxygens (including phenoxy) is 2. The maximum absolute atomic E-state index is 13.0. The zero-order chi connectivity index (χ0) is 20.6. The lowest BCUT2D eigenvalue weighted by atomic mass is 9.74. The van der Waals surface area contributed by atoms with E-state index in [0.29, 0.717) is 6.42 Å². The molecule has 150 valence electrons. The summed E-state index contributed by atoms with van der Waals surface area (Å²) in [6.07, 6.45) is 1.48. The SMILES string of the molecule is COc1cc(C(=O)N[C@@H]2CC(C)(C)Cc3oc(C)cc32)c([N+](=O)[O-])cc1OC. The molecule has 1 aromatic carbocycles. The summed E-state index contributed by atoms with van der Waals surface area (Å²) in [6, 6.07) is 4.16. The minimum Gasteiger partial charge on any atom is -0.493 e. The molecule has 0 saturated carbocycles. The summed E-state index contributed by atoms with van der Waals surface area (Å²) in [4.78, 5) is 23.9. The highest BCUT2D eigenvalue weighted by Gasteiger charge is 2.36. The fourth-order valence-electron chi connectivity index (χ4n) is 3.75. The zero-order valence-corrected chi connectivity index (χ0v) is 16.6. The molecule has 28 heavy (non-hydrogen) atoms. The van der Waals surface area contributed by atoms with E-state index in [9.17, 15) is 14.9 Å². The Balaban J connectivity index is 1.98. The Morgan fingerprint density at radius 3 is 2.50 bits per heavy atom. The van der Waals surface area contributed by atoms with Gasteiger partial charge in [-0.3, -0.25) is 14.9 Å². The van der Waals surface area contributed by atoms with Crippen LogP contribution in [0, 0.1) is 22.5 Å². The molecule has 0 saturated heterocycles. The van der Waals surface area contributed by atoms with Gasteiger partial charge in [-0.25, -0.2) is 0 Å². The van der Waals surface area contributed by atoms with Crippen LogP contribution in [0.5, 0.6) is 11.5 Å². The van der Waals surface area contributed by atoms with Crippen molar-refractivity contribution in [2.75, 3.05) is 14.2 Å². The van der Waals surface area contributed by atoms with Gasteiger partial charge in [-0.05, 0) is 24.8 Å². The van der Waals surface area contributed by atoms with Crippen molar-refractivity contribution in [3.63, 3.8) is 0 Å². The maximum atomic E-state index is 13.0. The van der Waals surface area contributed by atoms with E-state index >= 15 is 0 Å². The first-order valence-corrected chi connectivity index (χ1v) is 8.95. The Kier molecular flexibility index (Phi) is 5.06. The number of hydrogen-bond donors (Lipinski definition) is 1. The number of rotatable bonds is 5. The summed E-state index contributed by atoms with van der Waals surface area (Å²) in [5, 5.41) is 14.4. The Morgan fingerprint density at radius 1 is 1.25 bits per heavy atom. The van der Waals surface area contributed by atoms with Gasteiger partial charge in [-0.2, -0.15) is 0 Å². The van der Waals surface area contributed by atoms with Crippen LogP contribution in [0.3, 0.4) is 0 Å². The topological polar surface area (TPSA) is 104 Å². The molecule has 0 aliphatic heterocycles. The minimum absolute atomic E-state index is 0.0707. The molecule has 8 nitrogen and oxygen atoms in total. The molecular weight excluding hydrogens is 364 g/mol. The molecular formula is C20H24N2O6. The second-order valence-corrected chi connectivity index (χ2v) is 7.79. The number of carbonyl (C=O) groups excluding carboxylic acids is 1. The summed E-state index contributed by atoms with van der Waals surface area (Å²) < 4.78 is 16.1. The second kappa shape index (κ2) is 7.18. The number of nitrogens with zero attached hydrogens (tertiary/aromatic N) is 1. The van der Waals surface area contributed by atoms with E-state index in [2.05, 4.69) is 19.2 Å². The van der Waals surface area contributed by atoms with Crippen molar-refractivity contribution in [3.05, 3.63) is 51.0 Å². The maximum Gasteiger partial charge on any atom is 0.286 e. The Morgan fingerprint density at radius 2 is 1.89 bits per heavy atom. The summed E-state index contributed by atoms with van der Waals surface area (Å²) in [7, 11) is 2.80. The van der Waals surface area contributed by atoms with E-state index in [0.717, 1.165) is 23.5 Å². The predicted molar refractivity (Wildman–Crippen MR) is 102 cm³/mol. The highest BCUT2D eigenvalue weighted by molar-refractivity contribution is 5.99. The van der Waals surface area contributed by atoms with Crippen molar-refractivity contribution in [2.45, 2.75) is 39.7 Å². The molecule has 2 aromatic rings. The first kappa shape index (κ1) is 19.7. The number of nitro benzene ring substituents is 1. The van der Waals surface area contributed by atoms with E-state index in [1.54, 1.807) is 0 Å². The smallest absolute Gasteiger partial charge is 0.286 e. The van der Waals surface area contributed by atoms with Crippen molar-refractivity contribution in [1.82, 2.24) is 5.32 Å². The molecule has 1 atom stereocenters. The number of fused-ring (bicyclic) bond motifs is 1. The fourth-order valence-corrected chi connectivity index (χ4v) is 3.75. The molecule has 1 aliphatic rings. The molecule has 0 bridgehead atoms. The van der Waals surface area contributed by atoms with Gasteiger partial charge >= 0.3 is 0 Å². The van der Waals surface area contributed by atoms with Gasteiger partial charge in [-0.1, -0.05) is 13.8 Å². The highest BCUT2D eigenvalue weighted by Crippen LogP contribution is 2.42. The third-order valence-electron chi connectivity index (χ3n) is 4.98. The quantitative estimate of drug-likeness (QED) is 0.614. The van der Waals surface area contributed by atoms with Crippen molar-refractivity contribution in [1.29, 1.82) is 0 Å². The average molecular weight is 388 g/mol. The van der Waals surface area contributed by atoms with Gasteiger partial charge in [0.2, 0.25) is 0 Å². The van der Waals surface area contributed by atoms with Crippen LogP contribution in [-0.4, -0.2) is 25.1 Å². The number of benzene rings is 1. The molecule has 3 rings (SSSR count). The summed E-state index contributed by atoms with van der Waals surface area (Å²) in [6.45, 7) is 6.07. The van der Waals surface area contributed by atoms with Crippen molar-refractivity contribution in [3.8, 4) is 11.5 Å². The lowest BCUT2D eigenvalue weighted by molar-refractivity contribution is -0.385. The monoisotopic (exact) mass is 388 g/mol. The number of nitro groups is 1. The van der Waals surface area contributed by atoms with E-state index in [1.165, 1.54) is 26.4 Å². The first-order valence-electron chi connectivity index (χ1n) is 8.95. The Bertz CT molecular complexity index is 931. The molecule has 0 fully saturated rings. The molecule has 1 aromatic heterocycles. The normalized spacial score (nSPS) is 17.5. The van der Waals surface area contributed by atoms with Gasteiger partial charge in [0.05, 0.1) is 31.3 Å². The number of amides is 1. The molecule has 0 radical (unpaired) electrons. The van der Waals surface area contributed by atoms with Gasteiger partial charge in [-0.15, -0.1) is 0 Å². The van der Waals surface area contributed by atoms with Crippen molar-refractivity contribution in [2.24, 2.45) is 5.41 Å². The molecule has 1 N–H and O–H groups in total. The number of carbonyl (C=O) groups is 1. The second-order valence-electron chi connectivity index (χ2n) is 7.79. The fraction of sp³-hybridized carbons (Fsp3) is 0.450. The van der Waals surface area contributed by atoms with Crippen LogP contribution in [0.4, 0.5) is 5.69 Å². The van der Waals surface area contributed by atoms with Crippen LogP contribution in [-0.2, 0) is 6.42 Å². The van der Waals surface area contributed by atoms with Crippen LogP contribution >= 0.6 is 0 Å². The van der Waals surface area contributed by atoms with Crippen LogP contribution < -0.4 is 14.8 Å². The number of nitrogens with one attached hydrogen (secondary N) is 1. The van der Waals surface area contributed by atoms with Crippen LogP contribution in [0.25, 0.3) is 0 Å². The number of furan rings is 1. The summed E-state index contributed by atoms with van der Waals surface area (Å²) in [5.41, 5.74) is 0.439. The largest absolute Gasteiger partial charge is 0.493 e. The molecule has 0 unspecified atom stereocenters. The third-order valence-corrected chi connectivity index (χ3v) is 4.98.